The van der Waals surface area contributed by atoms with E-state index in [4.69, 9.17) is 18.9 Å². The van der Waals surface area contributed by atoms with Crippen molar-refractivity contribution in [3.8, 4) is 11.5 Å². The monoisotopic (exact) mass is 320 g/mol. The Morgan fingerprint density at radius 3 is 2.57 bits per heavy atom. The molecule has 0 atom stereocenters. The summed E-state index contributed by atoms with van der Waals surface area (Å²) in [6, 6.07) is 5.25. The summed E-state index contributed by atoms with van der Waals surface area (Å²) in [7, 11) is 1.27. The Bertz CT molecular complexity index is 639. The summed E-state index contributed by atoms with van der Waals surface area (Å²) < 4.78 is 20.5. The van der Waals surface area contributed by atoms with Crippen molar-refractivity contribution in [1.29, 1.82) is 0 Å². The Balaban J connectivity index is 2.21. The summed E-state index contributed by atoms with van der Waals surface area (Å²) in [4.78, 5) is 23.8. The molecule has 1 aromatic rings. The zero-order valence-corrected chi connectivity index (χ0v) is 13.7. The highest BCUT2D eigenvalue weighted by molar-refractivity contribution is 5.98. The van der Waals surface area contributed by atoms with E-state index in [1.54, 1.807) is 45.0 Å². The molecule has 0 N–H and O–H groups in total. The number of hydrogen-bond donors (Lipinski definition) is 0. The van der Waals surface area contributed by atoms with Gasteiger partial charge >= 0.3 is 11.9 Å². The summed E-state index contributed by atoms with van der Waals surface area (Å²) in [6.45, 7) is 5.48. The molecule has 23 heavy (non-hydrogen) atoms. The average Bonchev–Trinajstić information content (AvgIpc) is 2.91. The normalized spacial score (nSPS) is 13.7. The maximum Gasteiger partial charge on any atom is 0.334 e. The fourth-order valence-corrected chi connectivity index (χ4v) is 2.05. The van der Waals surface area contributed by atoms with Crippen LogP contribution in [0, 0.1) is 0 Å². The SMILES string of the molecule is COC(=O)/C(=C\c1ccc2c(c1)OCO2)CC(=O)OC(C)(C)C. The van der Waals surface area contributed by atoms with Gasteiger partial charge in [0.05, 0.1) is 13.5 Å². The van der Waals surface area contributed by atoms with Crippen LogP contribution in [-0.4, -0.2) is 31.4 Å². The summed E-state index contributed by atoms with van der Waals surface area (Å²) in [5.41, 5.74) is 0.302. The highest BCUT2D eigenvalue weighted by Crippen LogP contribution is 2.33. The topological polar surface area (TPSA) is 71.1 Å². The summed E-state index contributed by atoms with van der Waals surface area (Å²) in [5, 5.41) is 0. The number of carbonyl (C=O) groups excluding carboxylic acids is 2. The maximum absolute atomic E-state index is 12.0. The first kappa shape index (κ1) is 16.9. The molecular weight excluding hydrogens is 300 g/mol. The first-order chi connectivity index (χ1) is 10.8. The number of carbonyl (C=O) groups is 2. The molecule has 0 fully saturated rings. The van der Waals surface area contributed by atoms with Gasteiger partial charge in [-0.15, -0.1) is 0 Å². The quantitative estimate of drug-likeness (QED) is 0.627. The maximum atomic E-state index is 12.0. The van der Waals surface area contributed by atoms with Crippen molar-refractivity contribution < 1.29 is 28.5 Å². The van der Waals surface area contributed by atoms with Crippen LogP contribution in [0.1, 0.15) is 32.8 Å². The molecule has 0 bridgehead atoms. The molecule has 124 valence electrons. The molecule has 0 saturated carbocycles. The number of esters is 2. The summed E-state index contributed by atoms with van der Waals surface area (Å²) >= 11 is 0. The third kappa shape index (κ3) is 4.74. The van der Waals surface area contributed by atoms with Crippen molar-refractivity contribution in [3.05, 3.63) is 29.3 Å². The molecule has 6 nitrogen and oxygen atoms in total. The van der Waals surface area contributed by atoms with E-state index in [0.717, 1.165) is 0 Å². The van der Waals surface area contributed by atoms with Gasteiger partial charge in [-0.3, -0.25) is 4.79 Å². The van der Waals surface area contributed by atoms with Gasteiger partial charge in [0.2, 0.25) is 6.79 Å². The third-order valence-corrected chi connectivity index (χ3v) is 2.94. The Labute approximate surface area is 135 Å². The minimum atomic E-state index is -0.614. The zero-order chi connectivity index (χ0) is 17.0. The predicted octanol–water partition coefficient (Wildman–Crippen LogP) is 2.70. The molecule has 0 spiro atoms. The highest BCUT2D eigenvalue weighted by atomic mass is 16.7. The Kier molecular flexibility index (Phi) is 4.93. The number of fused-ring (bicyclic) bond motifs is 1. The molecule has 2 rings (SSSR count). The molecule has 0 radical (unpaired) electrons. The summed E-state index contributed by atoms with van der Waals surface area (Å²) in [5.74, 6) is 0.178. The van der Waals surface area contributed by atoms with Crippen molar-refractivity contribution in [2.75, 3.05) is 13.9 Å². The van der Waals surface area contributed by atoms with E-state index < -0.39 is 17.5 Å². The van der Waals surface area contributed by atoms with Crippen LogP contribution < -0.4 is 9.47 Å². The minimum Gasteiger partial charge on any atom is -0.466 e. The zero-order valence-electron chi connectivity index (χ0n) is 13.7. The molecule has 1 aliphatic rings. The van der Waals surface area contributed by atoms with E-state index in [0.29, 0.717) is 17.1 Å². The molecule has 1 heterocycles. The molecule has 0 unspecified atom stereocenters. The lowest BCUT2D eigenvalue weighted by Crippen LogP contribution is -2.24. The van der Waals surface area contributed by atoms with Crippen molar-refractivity contribution >= 4 is 18.0 Å². The molecule has 0 aliphatic carbocycles. The van der Waals surface area contributed by atoms with Crippen LogP contribution in [0.2, 0.25) is 0 Å². The van der Waals surface area contributed by atoms with Gasteiger partial charge in [-0.05, 0) is 44.5 Å². The molecule has 1 aliphatic heterocycles. The van der Waals surface area contributed by atoms with Crippen LogP contribution in [0.5, 0.6) is 11.5 Å². The second-order valence-corrected chi connectivity index (χ2v) is 6.04. The van der Waals surface area contributed by atoms with Gasteiger partial charge in [-0.25, -0.2) is 4.79 Å². The second kappa shape index (κ2) is 6.73. The lowest BCUT2D eigenvalue weighted by atomic mass is 10.1. The molecule has 0 amide bonds. The van der Waals surface area contributed by atoms with Gasteiger partial charge in [-0.1, -0.05) is 6.07 Å². The van der Waals surface area contributed by atoms with Gasteiger partial charge in [0.15, 0.2) is 11.5 Å². The number of hydrogen-bond acceptors (Lipinski definition) is 6. The first-order valence-corrected chi connectivity index (χ1v) is 7.19. The molecular formula is C17H20O6. The van der Waals surface area contributed by atoms with Gasteiger partial charge in [0.25, 0.3) is 0 Å². The molecule has 0 aromatic heterocycles. The van der Waals surface area contributed by atoms with Crippen LogP contribution in [0.3, 0.4) is 0 Å². The van der Waals surface area contributed by atoms with E-state index in [2.05, 4.69) is 0 Å². The standard InChI is InChI=1S/C17H20O6/c1-17(2,3)23-15(18)9-12(16(19)20-4)7-11-5-6-13-14(8-11)22-10-21-13/h5-8H,9-10H2,1-4H3/b12-7-. The van der Waals surface area contributed by atoms with Crippen LogP contribution >= 0.6 is 0 Å². The number of rotatable bonds is 4. The molecule has 0 saturated heterocycles. The van der Waals surface area contributed by atoms with Gasteiger partial charge in [-0.2, -0.15) is 0 Å². The van der Waals surface area contributed by atoms with Crippen LogP contribution in [-0.2, 0) is 19.1 Å². The predicted molar refractivity (Wildman–Crippen MR) is 83.0 cm³/mol. The first-order valence-electron chi connectivity index (χ1n) is 7.19. The van der Waals surface area contributed by atoms with E-state index in [1.807, 2.05) is 0 Å². The van der Waals surface area contributed by atoms with Crippen LogP contribution in [0.4, 0.5) is 0 Å². The van der Waals surface area contributed by atoms with Gasteiger partial charge in [0.1, 0.15) is 5.60 Å². The highest BCUT2D eigenvalue weighted by Gasteiger charge is 2.21. The number of ether oxygens (including phenoxy) is 4. The van der Waals surface area contributed by atoms with Gasteiger partial charge < -0.3 is 18.9 Å². The second-order valence-electron chi connectivity index (χ2n) is 6.04. The van der Waals surface area contributed by atoms with E-state index >= 15 is 0 Å². The average molecular weight is 320 g/mol. The minimum absolute atomic E-state index is 0.168. The van der Waals surface area contributed by atoms with Crippen molar-refractivity contribution in [2.24, 2.45) is 0 Å². The van der Waals surface area contributed by atoms with Crippen LogP contribution in [0.25, 0.3) is 6.08 Å². The van der Waals surface area contributed by atoms with Crippen LogP contribution in [0.15, 0.2) is 23.8 Å². The van der Waals surface area contributed by atoms with Crippen molar-refractivity contribution in [1.82, 2.24) is 0 Å². The van der Waals surface area contributed by atoms with Gasteiger partial charge in [0, 0.05) is 5.57 Å². The lowest BCUT2D eigenvalue weighted by Gasteiger charge is -2.19. The number of methoxy groups -OCH3 is 1. The molecule has 6 heteroatoms. The fourth-order valence-electron chi connectivity index (χ4n) is 2.05. The van der Waals surface area contributed by atoms with Crippen molar-refractivity contribution in [2.45, 2.75) is 32.8 Å². The van der Waals surface area contributed by atoms with Crippen molar-refractivity contribution in [3.63, 3.8) is 0 Å². The summed E-state index contributed by atoms with van der Waals surface area (Å²) in [6.07, 6.45) is 1.41. The Hall–Kier alpha value is -2.50. The molecule has 1 aromatic carbocycles. The van der Waals surface area contributed by atoms with E-state index in [-0.39, 0.29) is 18.8 Å². The largest absolute Gasteiger partial charge is 0.466 e. The number of benzene rings is 1. The Morgan fingerprint density at radius 2 is 1.91 bits per heavy atom. The smallest absolute Gasteiger partial charge is 0.334 e. The Morgan fingerprint density at radius 1 is 1.22 bits per heavy atom. The van der Waals surface area contributed by atoms with E-state index in [9.17, 15) is 9.59 Å². The fraction of sp³-hybridized carbons (Fsp3) is 0.412. The lowest BCUT2D eigenvalue weighted by molar-refractivity contribution is -0.155. The third-order valence-electron chi connectivity index (χ3n) is 2.94. The van der Waals surface area contributed by atoms with E-state index in [1.165, 1.54) is 7.11 Å².